The number of rotatable bonds is 3. The van der Waals surface area contributed by atoms with Gasteiger partial charge in [0, 0.05) is 17.5 Å². The van der Waals surface area contributed by atoms with Crippen LogP contribution in [0.3, 0.4) is 0 Å². The van der Waals surface area contributed by atoms with Gasteiger partial charge in [0.25, 0.3) is 5.91 Å². The Hall–Kier alpha value is -1.14. The summed E-state index contributed by atoms with van der Waals surface area (Å²) in [5.74, 6) is -0.845. The molecular formula is C25H44N2O4. The molecule has 0 aromatic heterocycles. The van der Waals surface area contributed by atoms with Crippen molar-refractivity contribution in [2.24, 2.45) is 5.41 Å². The molecule has 1 unspecified atom stereocenters. The van der Waals surface area contributed by atoms with Crippen LogP contribution in [0.4, 0.5) is 0 Å². The van der Waals surface area contributed by atoms with Gasteiger partial charge in [-0.15, -0.1) is 0 Å². The lowest BCUT2D eigenvalue weighted by molar-refractivity contribution is -0.212. The fraction of sp³-hybridized carbons (Fsp3) is 0.920. The molecule has 3 aliphatic rings. The summed E-state index contributed by atoms with van der Waals surface area (Å²) in [5.41, 5.74) is -2.27. The molecule has 2 saturated heterocycles. The molecule has 6 nitrogen and oxygen atoms in total. The predicted octanol–water partition coefficient (Wildman–Crippen LogP) is 4.86. The number of amides is 1. The second kappa shape index (κ2) is 9.38. The zero-order valence-corrected chi connectivity index (χ0v) is 20.2. The van der Waals surface area contributed by atoms with Gasteiger partial charge in [-0.2, -0.15) is 0 Å². The first-order valence-electron chi connectivity index (χ1n) is 12.6. The zero-order chi connectivity index (χ0) is 22.8. The highest BCUT2D eigenvalue weighted by Crippen LogP contribution is 2.56. The number of carbonyl (C=O) groups is 2. The second-order valence-electron chi connectivity index (χ2n) is 11.1. The van der Waals surface area contributed by atoms with Crippen LogP contribution in [0.1, 0.15) is 111 Å². The molecule has 178 valence electrons. The molecule has 0 aromatic carbocycles. The van der Waals surface area contributed by atoms with Crippen LogP contribution in [-0.2, 0) is 14.3 Å². The van der Waals surface area contributed by atoms with Gasteiger partial charge in [-0.25, -0.2) is 0 Å². The van der Waals surface area contributed by atoms with Crippen molar-refractivity contribution in [2.45, 2.75) is 128 Å². The van der Waals surface area contributed by atoms with Crippen LogP contribution in [0.5, 0.6) is 0 Å². The van der Waals surface area contributed by atoms with Crippen molar-refractivity contribution in [1.29, 1.82) is 0 Å². The number of carboxylic acid groups (broad SMARTS) is 1. The van der Waals surface area contributed by atoms with E-state index in [1.54, 1.807) is 0 Å². The maximum absolute atomic E-state index is 14.1. The van der Waals surface area contributed by atoms with E-state index < -0.39 is 22.7 Å². The number of aliphatic carboxylic acids is 1. The summed E-state index contributed by atoms with van der Waals surface area (Å²) in [6.45, 7) is 9.54. The lowest BCUT2D eigenvalue weighted by Crippen LogP contribution is -2.70. The highest BCUT2D eigenvalue weighted by atomic mass is 16.6. The van der Waals surface area contributed by atoms with Crippen LogP contribution in [0.2, 0.25) is 0 Å². The van der Waals surface area contributed by atoms with Gasteiger partial charge in [-0.1, -0.05) is 58.8 Å². The van der Waals surface area contributed by atoms with Crippen molar-refractivity contribution >= 4 is 11.9 Å². The average molecular weight is 437 g/mol. The zero-order valence-electron chi connectivity index (χ0n) is 20.2. The molecular weight excluding hydrogens is 392 g/mol. The molecule has 2 aliphatic heterocycles. The van der Waals surface area contributed by atoms with Gasteiger partial charge >= 0.3 is 5.97 Å². The lowest BCUT2D eigenvalue weighted by atomic mass is 9.59. The minimum Gasteiger partial charge on any atom is -0.481 e. The first-order chi connectivity index (χ1) is 14.6. The van der Waals surface area contributed by atoms with E-state index in [1.165, 1.54) is 32.1 Å². The Morgan fingerprint density at radius 3 is 1.97 bits per heavy atom. The largest absolute Gasteiger partial charge is 0.481 e. The predicted molar refractivity (Wildman–Crippen MR) is 122 cm³/mol. The molecule has 3 rings (SSSR count). The van der Waals surface area contributed by atoms with E-state index in [9.17, 15) is 14.7 Å². The third-order valence-corrected chi connectivity index (χ3v) is 8.75. The number of hydrogen-bond donors (Lipinski definition) is 2. The molecule has 1 aliphatic carbocycles. The third-order valence-electron chi connectivity index (χ3n) is 8.75. The quantitative estimate of drug-likeness (QED) is 0.661. The first-order valence-corrected chi connectivity index (χ1v) is 12.6. The molecule has 0 bridgehead atoms. The fourth-order valence-corrected chi connectivity index (χ4v) is 6.02. The number of piperidine rings is 1. The van der Waals surface area contributed by atoms with Crippen LogP contribution in [0.25, 0.3) is 0 Å². The fourth-order valence-electron chi connectivity index (χ4n) is 6.02. The third kappa shape index (κ3) is 4.52. The lowest BCUT2D eigenvalue weighted by Gasteiger charge is -2.55. The smallest absolute Gasteiger partial charge is 0.305 e. The number of ether oxygens (including phenoxy) is 1. The summed E-state index contributed by atoms with van der Waals surface area (Å²) in [6, 6.07) is 0. The van der Waals surface area contributed by atoms with Gasteiger partial charge in [-0.05, 0) is 52.5 Å². The maximum Gasteiger partial charge on any atom is 0.305 e. The summed E-state index contributed by atoms with van der Waals surface area (Å²) >= 11 is 0. The van der Waals surface area contributed by atoms with E-state index in [0.717, 1.165) is 45.1 Å². The summed E-state index contributed by atoms with van der Waals surface area (Å²) in [5, 5.41) is 13.0. The van der Waals surface area contributed by atoms with Gasteiger partial charge < -0.3 is 20.1 Å². The minimum absolute atomic E-state index is 0.0143. The molecule has 1 atom stereocenters. The monoisotopic (exact) mass is 436 g/mol. The van der Waals surface area contributed by atoms with E-state index >= 15 is 0 Å². The topological polar surface area (TPSA) is 78.9 Å². The molecule has 31 heavy (non-hydrogen) atoms. The van der Waals surface area contributed by atoms with Crippen LogP contribution < -0.4 is 5.32 Å². The Morgan fingerprint density at radius 2 is 1.45 bits per heavy atom. The van der Waals surface area contributed by atoms with Crippen LogP contribution in [0, 0.1) is 5.41 Å². The van der Waals surface area contributed by atoms with Gasteiger partial charge in [0.2, 0.25) is 0 Å². The van der Waals surface area contributed by atoms with Crippen molar-refractivity contribution in [3.63, 3.8) is 0 Å². The Kier molecular flexibility index (Phi) is 7.42. The molecule has 2 spiro atoms. The highest BCUT2D eigenvalue weighted by Gasteiger charge is 2.69. The number of nitrogens with one attached hydrogen (secondary N) is 1. The Balaban J connectivity index is 1.98. The number of hydrogen-bond acceptors (Lipinski definition) is 4. The molecule has 6 heteroatoms. The van der Waals surface area contributed by atoms with E-state index in [-0.39, 0.29) is 24.4 Å². The van der Waals surface area contributed by atoms with Crippen LogP contribution >= 0.6 is 0 Å². The Labute approximate surface area is 188 Å². The normalized spacial score (nSPS) is 31.4. The van der Waals surface area contributed by atoms with Crippen molar-refractivity contribution in [3.8, 4) is 0 Å². The van der Waals surface area contributed by atoms with E-state index in [0.29, 0.717) is 6.42 Å². The van der Waals surface area contributed by atoms with Crippen molar-refractivity contribution in [1.82, 2.24) is 10.2 Å². The van der Waals surface area contributed by atoms with Crippen molar-refractivity contribution in [3.05, 3.63) is 0 Å². The highest BCUT2D eigenvalue weighted by molar-refractivity contribution is 5.89. The number of carboxylic acids is 1. The summed E-state index contributed by atoms with van der Waals surface area (Å²) in [7, 11) is 0. The Bertz CT molecular complexity index is 648. The standard InChI is InChI=1S/C25H44N2O4/c1-22(2)23(3,4)26-18-17-25(22)21(30)27(19-14-20(28)29)24(31-25)15-12-10-8-6-5-7-9-11-13-16-24/h26H,5-19H2,1-4H3,(H,28,29). The number of nitrogens with zero attached hydrogens (tertiary/aromatic N) is 1. The van der Waals surface area contributed by atoms with Gasteiger partial charge in [0.1, 0.15) is 5.72 Å². The van der Waals surface area contributed by atoms with E-state index in [4.69, 9.17) is 4.74 Å². The van der Waals surface area contributed by atoms with Gasteiger partial charge in [0.15, 0.2) is 5.60 Å². The summed E-state index contributed by atoms with van der Waals surface area (Å²) < 4.78 is 7.07. The minimum atomic E-state index is -0.905. The maximum atomic E-state index is 14.1. The average Bonchev–Trinajstić information content (AvgIpc) is 2.91. The molecule has 2 heterocycles. The second-order valence-corrected chi connectivity index (χ2v) is 11.1. The van der Waals surface area contributed by atoms with Crippen molar-refractivity contribution < 1.29 is 19.4 Å². The number of carbonyl (C=O) groups excluding carboxylic acids is 1. The SMILES string of the molecule is CC1(C)NCCC2(OC3(CCCCCCCCCCC3)N(CCC(=O)O)C2=O)C1(C)C. The molecule has 2 N–H and O–H groups in total. The van der Waals surface area contributed by atoms with E-state index in [1.807, 2.05) is 4.90 Å². The summed E-state index contributed by atoms with van der Waals surface area (Å²) in [6.07, 6.45) is 12.9. The Morgan fingerprint density at radius 1 is 0.935 bits per heavy atom. The summed E-state index contributed by atoms with van der Waals surface area (Å²) in [4.78, 5) is 27.4. The molecule has 1 amide bonds. The molecule has 0 radical (unpaired) electrons. The van der Waals surface area contributed by atoms with Crippen LogP contribution in [-0.4, -0.2) is 51.8 Å². The van der Waals surface area contributed by atoms with Crippen LogP contribution in [0.15, 0.2) is 0 Å². The van der Waals surface area contributed by atoms with Gasteiger partial charge in [-0.3, -0.25) is 9.59 Å². The first kappa shape index (κ1) is 24.5. The molecule has 3 fully saturated rings. The van der Waals surface area contributed by atoms with Crippen molar-refractivity contribution in [2.75, 3.05) is 13.1 Å². The molecule has 0 aromatic rings. The molecule has 1 saturated carbocycles. The van der Waals surface area contributed by atoms with E-state index in [2.05, 4.69) is 33.0 Å². The van der Waals surface area contributed by atoms with Gasteiger partial charge in [0.05, 0.1) is 6.42 Å².